The van der Waals surface area contributed by atoms with E-state index in [2.05, 4.69) is 29.2 Å². The van der Waals surface area contributed by atoms with E-state index >= 15 is 4.39 Å². The summed E-state index contributed by atoms with van der Waals surface area (Å²) in [5, 5.41) is 0. The van der Waals surface area contributed by atoms with Crippen LogP contribution in [0.1, 0.15) is 17.5 Å². The van der Waals surface area contributed by atoms with Crippen LogP contribution in [0.4, 0.5) is 4.39 Å². The Bertz CT molecular complexity index is 513. The van der Waals surface area contributed by atoms with E-state index in [1.165, 1.54) is 0 Å². The fourth-order valence-electron chi connectivity index (χ4n) is 3.33. The molecule has 3 rings (SSSR count). The molecule has 1 unspecified atom stereocenters. The van der Waals surface area contributed by atoms with Crippen molar-refractivity contribution in [2.24, 2.45) is 0 Å². The second kappa shape index (κ2) is 5.37. The molecule has 20 heavy (non-hydrogen) atoms. The number of likely N-dealkylation sites (tertiary alicyclic amines) is 1. The standard InChI is InChI=1S/C18H20FN/c1-20-13-12-18(17(19)14-20,15-8-4-2-5-9-15)16-10-6-3-7-11-16/h2-11,17H,12-14H2,1H3. The Kier molecular flexibility index (Phi) is 3.58. The van der Waals surface area contributed by atoms with Gasteiger partial charge in [-0.2, -0.15) is 0 Å². The summed E-state index contributed by atoms with van der Waals surface area (Å²) in [6.07, 6.45) is -0.0651. The largest absolute Gasteiger partial charge is 0.303 e. The smallest absolute Gasteiger partial charge is 0.126 e. The van der Waals surface area contributed by atoms with E-state index in [0.29, 0.717) is 6.54 Å². The molecule has 104 valence electrons. The lowest BCUT2D eigenvalue weighted by atomic mass is 9.67. The number of alkyl halides is 1. The maximum Gasteiger partial charge on any atom is 0.126 e. The second-order valence-electron chi connectivity index (χ2n) is 5.68. The minimum absolute atomic E-state index is 0.490. The topological polar surface area (TPSA) is 3.24 Å². The van der Waals surface area contributed by atoms with Gasteiger partial charge in [-0.15, -0.1) is 0 Å². The SMILES string of the molecule is CN1CCC(c2ccccc2)(c2ccccc2)C(F)C1. The molecule has 1 fully saturated rings. The summed E-state index contributed by atoms with van der Waals surface area (Å²) >= 11 is 0. The first-order valence-electron chi connectivity index (χ1n) is 7.17. The molecular formula is C18H20FN. The van der Waals surface area contributed by atoms with Crippen LogP contribution in [0.5, 0.6) is 0 Å². The fraction of sp³-hybridized carbons (Fsp3) is 0.333. The van der Waals surface area contributed by atoms with Crippen molar-refractivity contribution in [3.63, 3.8) is 0 Å². The highest BCUT2D eigenvalue weighted by molar-refractivity contribution is 5.42. The summed E-state index contributed by atoms with van der Waals surface area (Å²) in [5.74, 6) is 0. The number of hydrogen-bond donors (Lipinski definition) is 0. The van der Waals surface area contributed by atoms with E-state index in [9.17, 15) is 0 Å². The Morgan fingerprint density at radius 2 is 1.45 bits per heavy atom. The zero-order chi connectivity index (χ0) is 14.0. The summed E-state index contributed by atoms with van der Waals surface area (Å²) in [6.45, 7) is 1.41. The molecule has 0 bridgehead atoms. The van der Waals surface area contributed by atoms with Gasteiger partial charge in [0.25, 0.3) is 0 Å². The van der Waals surface area contributed by atoms with E-state index in [-0.39, 0.29) is 0 Å². The van der Waals surface area contributed by atoms with Gasteiger partial charge in [-0.25, -0.2) is 4.39 Å². The average Bonchev–Trinajstić information content (AvgIpc) is 2.50. The maximum absolute atomic E-state index is 15.1. The summed E-state index contributed by atoms with van der Waals surface area (Å²) in [5.41, 5.74) is 1.67. The molecular weight excluding hydrogens is 249 g/mol. The van der Waals surface area contributed by atoms with Gasteiger partial charge in [-0.3, -0.25) is 0 Å². The molecule has 0 spiro atoms. The minimum atomic E-state index is -0.883. The molecule has 0 aliphatic carbocycles. The normalized spacial score (nSPS) is 22.6. The fourth-order valence-corrected chi connectivity index (χ4v) is 3.33. The molecule has 2 aromatic rings. The quantitative estimate of drug-likeness (QED) is 0.804. The predicted molar refractivity (Wildman–Crippen MR) is 80.7 cm³/mol. The van der Waals surface area contributed by atoms with Crippen molar-refractivity contribution in [3.05, 3.63) is 71.8 Å². The highest BCUT2D eigenvalue weighted by Gasteiger charge is 2.45. The van der Waals surface area contributed by atoms with Gasteiger partial charge in [0.2, 0.25) is 0 Å². The molecule has 1 saturated heterocycles. The molecule has 0 amide bonds. The molecule has 1 aliphatic heterocycles. The number of piperidine rings is 1. The molecule has 1 heterocycles. The summed E-state index contributed by atoms with van der Waals surface area (Å²) in [6, 6.07) is 20.2. The lowest BCUT2D eigenvalue weighted by Crippen LogP contribution is -2.51. The Balaban J connectivity index is 2.13. The Hall–Kier alpha value is -1.67. The van der Waals surface area contributed by atoms with Crippen molar-refractivity contribution in [1.29, 1.82) is 0 Å². The lowest BCUT2D eigenvalue weighted by Gasteiger charge is -2.44. The second-order valence-corrected chi connectivity index (χ2v) is 5.68. The van der Waals surface area contributed by atoms with Crippen molar-refractivity contribution < 1.29 is 4.39 Å². The molecule has 0 aromatic heterocycles. The van der Waals surface area contributed by atoms with Crippen molar-refractivity contribution in [2.45, 2.75) is 18.0 Å². The van der Waals surface area contributed by atoms with Crippen LogP contribution in [-0.2, 0) is 5.41 Å². The van der Waals surface area contributed by atoms with Gasteiger partial charge in [0, 0.05) is 6.54 Å². The zero-order valence-electron chi connectivity index (χ0n) is 11.8. The van der Waals surface area contributed by atoms with Crippen molar-refractivity contribution >= 4 is 0 Å². The highest BCUT2D eigenvalue weighted by Crippen LogP contribution is 2.42. The van der Waals surface area contributed by atoms with Gasteiger partial charge >= 0.3 is 0 Å². The monoisotopic (exact) mass is 269 g/mol. The van der Waals surface area contributed by atoms with Crippen LogP contribution in [0.25, 0.3) is 0 Å². The van der Waals surface area contributed by atoms with Crippen LogP contribution in [0.2, 0.25) is 0 Å². The minimum Gasteiger partial charge on any atom is -0.303 e. The summed E-state index contributed by atoms with van der Waals surface area (Å²) < 4.78 is 15.1. The van der Waals surface area contributed by atoms with Gasteiger partial charge in [0.05, 0.1) is 5.41 Å². The number of benzene rings is 2. The van der Waals surface area contributed by atoms with Crippen molar-refractivity contribution in [1.82, 2.24) is 4.90 Å². The van der Waals surface area contributed by atoms with Gasteiger partial charge < -0.3 is 4.90 Å². The molecule has 1 atom stereocenters. The maximum atomic E-state index is 15.1. The van der Waals surface area contributed by atoms with Crippen LogP contribution in [0, 0.1) is 0 Å². The van der Waals surface area contributed by atoms with E-state index in [4.69, 9.17) is 0 Å². The van der Waals surface area contributed by atoms with Gasteiger partial charge in [-0.1, -0.05) is 60.7 Å². The first-order valence-corrected chi connectivity index (χ1v) is 7.17. The van der Waals surface area contributed by atoms with Crippen LogP contribution in [0.15, 0.2) is 60.7 Å². The van der Waals surface area contributed by atoms with Gasteiger partial charge in [0.1, 0.15) is 6.17 Å². The molecule has 0 N–H and O–H groups in total. The van der Waals surface area contributed by atoms with Crippen molar-refractivity contribution in [3.8, 4) is 0 Å². The number of halogens is 1. The van der Waals surface area contributed by atoms with Crippen molar-refractivity contribution in [2.75, 3.05) is 20.1 Å². The van der Waals surface area contributed by atoms with Crippen LogP contribution in [-0.4, -0.2) is 31.2 Å². The van der Waals surface area contributed by atoms with Gasteiger partial charge in [-0.05, 0) is 31.1 Å². The van der Waals surface area contributed by atoms with E-state index < -0.39 is 11.6 Å². The predicted octanol–water partition coefficient (Wildman–Crippen LogP) is 3.65. The van der Waals surface area contributed by atoms with E-state index in [0.717, 1.165) is 24.1 Å². The average molecular weight is 269 g/mol. The molecule has 0 radical (unpaired) electrons. The third-order valence-electron chi connectivity index (χ3n) is 4.47. The number of rotatable bonds is 2. The molecule has 2 heteroatoms. The Morgan fingerprint density at radius 1 is 0.950 bits per heavy atom. The van der Waals surface area contributed by atoms with E-state index in [1.807, 2.05) is 43.4 Å². The molecule has 2 aromatic carbocycles. The summed E-state index contributed by atoms with van der Waals surface area (Å²) in [4.78, 5) is 2.08. The number of nitrogens with zero attached hydrogens (tertiary/aromatic N) is 1. The highest BCUT2D eigenvalue weighted by atomic mass is 19.1. The van der Waals surface area contributed by atoms with E-state index in [1.54, 1.807) is 0 Å². The van der Waals surface area contributed by atoms with Gasteiger partial charge in [0.15, 0.2) is 0 Å². The molecule has 1 nitrogen and oxygen atoms in total. The lowest BCUT2D eigenvalue weighted by molar-refractivity contribution is 0.0960. The Morgan fingerprint density at radius 3 is 1.90 bits per heavy atom. The number of hydrogen-bond acceptors (Lipinski definition) is 1. The molecule has 0 saturated carbocycles. The van der Waals surface area contributed by atoms with Crippen LogP contribution >= 0.6 is 0 Å². The summed E-state index contributed by atoms with van der Waals surface area (Å²) in [7, 11) is 1.99. The van der Waals surface area contributed by atoms with Crippen LogP contribution < -0.4 is 0 Å². The molecule has 1 aliphatic rings. The first kappa shape index (κ1) is 13.3. The van der Waals surface area contributed by atoms with Crippen LogP contribution in [0.3, 0.4) is 0 Å². The Labute approximate surface area is 120 Å². The third-order valence-corrected chi connectivity index (χ3v) is 4.47. The first-order chi connectivity index (χ1) is 9.73. The third kappa shape index (κ3) is 2.14. The zero-order valence-corrected chi connectivity index (χ0v) is 11.8.